The van der Waals surface area contributed by atoms with Crippen molar-refractivity contribution in [3.8, 4) is 0 Å². The average molecular weight is 271 g/mol. The van der Waals surface area contributed by atoms with E-state index in [4.69, 9.17) is 5.73 Å². The summed E-state index contributed by atoms with van der Waals surface area (Å²) in [7, 11) is 0. The number of nitrogen functional groups attached to an aromatic ring is 1. The Hall–Kier alpha value is -1.46. The summed E-state index contributed by atoms with van der Waals surface area (Å²) < 4.78 is 38.1. The Kier molecular flexibility index (Phi) is 2.83. The van der Waals surface area contributed by atoms with Crippen LogP contribution >= 0.6 is 0 Å². The first-order valence-electron chi connectivity index (χ1n) is 6.55. The summed E-state index contributed by atoms with van der Waals surface area (Å²) in [5.74, 6) is 1.33. The number of rotatable bonds is 4. The van der Waals surface area contributed by atoms with Crippen molar-refractivity contribution in [3.05, 3.63) is 17.7 Å². The Bertz CT molecular complexity index is 467. The molecule has 0 amide bonds. The van der Waals surface area contributed by atoms with Gasteiger partial charge in [0.1, 0.15) is 11.6 Å². The molecule has 0 atom stereocenters. The standard InChI is InChI=1S/C13H16F3N3/c14-13(15,16)9-5-10(17)18-11(6-9)19-12(7-1-2-7)8-3-4-8/h5-8,12H,1-4H2,(H3,17,18,19). The van der Waals surface area contributed by atoms with E-state index in [2.05, 4.69) is 10.3 Å². The molecule has 0 saturated heterocycles. The fourth-order valence-electron chi connectivity index (χ4n) is 2.49. The van der Waals surface area contributed by atoms with E-state index in [1.807, 2.05) is 0 Å². The van der Waals surface area contributed by atoms with Crippen LogP contribution in [0.15, 0.2) is 12.1 Å². The Morgan fingerprint density at radius 3 is 2.21 bits per heavy atom. The second-order valence-corrected chi connectivity index (χ2v) is 5.51. The molecule has 2 saturated carbocycles. The SMILES string of the molecule is Nc1cc(C(F)(F)F)cc(NC(C2CC2)C2CC2)n1. The molecule has 1 aromatic heterocycles. The number of pyridine rings is 1. The van der Waals surface area contributed by atoms with E-state index >= 15 is 0 Å². The third-order valence-electron chi connectivity index (χ3n) is 3.75. The summed E-state index contributed by atoms with van der Waals surface area (Å²) in [6, 6.07) is 2.18. The third kappa shape index (κ3) is 2.93. The monoisotopic (exact) mass is 271 g/mol. The van der Waals surface area contributed by atoms with Crippen LogP contribution in [0.5, 0.6) is 0 Å². The van der Waals surface area contributed by atoms with Crippen molar-refractivity contribution in [1.29, 1.82) is 0 Å². The van der Waals surface area contributed by atoms with Gasteiger partial charge in [0.05, 0.1) is 5.56 Å². The lowest BCUT2D eigenvalue weighted by molar-refractivity contribution is -0.137. The molecule has 1 heterocycles. The lowest BCUT2D eigenvalue weighted by Gasteiger charge is -2.19. The molecule has 2 fully saturated rings. The van der Waals surface area contributed by atoms with E-state index in [9.17, 15) is 13.2 Å². The highest BCUT2D eigenvalue weighted by atomic mass is 19.4. The van der Waals surface area contributed by atoms with Gasteiger partial charge >= 0.3 is 6.18 Å². The summed E-state index contributed by atoms with van der Waals surface area (Å²) in [5.41, 5.74) is 4.72. The summed E-state index contributed by atoms with van der Waals surface area (Å²) in [5, 5.41) is 3.17. The molecule has 0 aliphatic heterocycles. The predicted octanol–water partition coefficient (Wildman–Crippen LogP) is 3.28. The summed E-state index contributed by atoms with van der Waals surface area (Å²) in [4.78, 5) is 3.97. The fourth-order valence-corrected chi connectivity index (χ4v) is 2.49. The number of aromatic nitrogens is 1. The Labute approximate surface area is 109 Å². The number of hydrogen-bond acceptors (Lipinski definition) is 3. The molecule has 3 nitrogen and oxygen atoms in total. The Morgan fingerprint density at radius 1 is 1.16 bits per heavy atom. The van der Waals surface area contributed by atoms with Gasteiger partial charge in [-0.1, -0.05) is 0 Å². The van der Waals surface area contributed by atoms with Crippen LogP contribution in [0.2, 0.25) is 0 Å². The number of alkyl halides is 3. The van der Waals surface area contributed by atoms with Gasteiger partial charge in [-0.25, -0.2) is 4.98 Å². The topological polar surface area (TPSA) is 50.9 Å². The molecule has 104 valence electrons. The molecule has 3 N–H and O–H groups in total. The smallest absolute Gasteiger partial charge is 0.384 e. The Balaban J connectivity index is 1.81. The summed E-state index contributed by atoms with van der Waals surface area (Å²) in [6.45, 7) is 0. The maximum absolute atomic E-state index is 12.7. The number of hydrogen-bond donors (Lipinski definition) is 2. The molecule has 0 spiro atoms. The largest absolute Gasteiger partial charge is 0.416 e. The van der Waals surface area contributed by atoms with Gasteiger partial charge in [-0.3, -0.25) is 0 Å². The van der Waals surface area contributed by atoms with E-state index in [1.54, 1.807) is 0 Å². The minimum absolute atomic E-state index is 0.0948. The first-order chi connectivity index (χ1) is 8.93. The van der Waals surface area contributed by atoms with Gasteiger partial charge in [0, 0.05) is 6.04 Å². The van der Waals surface area contributed by atoms with E-state index < -0.39 is 11.7 Å². The Morgan fingerprint density at radius 2 is 1.74 bits per heavy atom. The zero-order valence-electron chi connectivity index (χ0n) is 10.4. The zero-order chi connectivity index (χ0) is 13.6. The zero-order valence-corrected chi connectivity index (χ0v) is 10.4. The first kappa shape index (κ1) is 12.6. The van der Waals surface area contributed by atoms with Crippen molar-refractivity contribution in [2.45, 2.75) is 37.9 Å². The first-order valence-corrected chi connectivity index (χ1v) is 6.55. The molecule has 0 bridgehead atoms. The molecule has 0 radical (unpaired) electrons. The van der Waals surface area contributed by atoms with Crippen molar-refractivity contribution in [1.82, 2.24) is 4.98 Å². The van der Waals surface area contributed by atoms with Crippen molar-refractivity contribution in [3.63, 3.8) is 0 Å². The van der Waals surface area contributed by atoms with Crippen LogP contribution < -0.4 is 11.1 Å². The molecule has 2 aliphatic rings. The maximum Gasteiger partial charge on any atom is 0.416 e. The molecule has 1 aromatic rings. The predicted molar refractivity (Wildman–Crippen MR) is 66.5 cm³/mol. The van der Waals surface area contributed by atoms with Crippen LogP contribution in [0.3, 0.4) is 0 Å². The van der Waals surface area contributed by atoms with Crippen molar-refractivity contribution >= 4 is 11.6 Å². The van der Waals surface area contributed by atoms with Gasteiger partial charge in [0.15, 0.2) is 0 Å². The van der Waals surface area contributed by atoms with E-state index in [0.29, 0.717) is 11.8 Å². The van der Waals surface area contributed by atoms with E-state index in [1.165, 1.54) is 0 Å². The molecule has 0 unspecified atom stereocenters. The molecular formula is C13H16F3N3. The van der Waals surface area contributed by atoms with Crippen LogP contribution in [-0.4, -0.2) is 11.0 Å². The number of halogens is 3. The van der Waals surface area contributed by atoms with E-state index in [-0.39, 0.29) is 17.7 Å². The lowest BCUT2D eigenvalue weighted by Crippen LogP contribution is -2.25. The third-order valence-corrected chi connectivity index (χ3v) is 3.75. The van der Waals surface area contributed by atoms with Gasteiger partial charge in [-0.2, -0.15) is 13.2 Å². The van der Waals surface area contributed by atoms with Crippen molar-refractivity contribution < 1.29 is 13.2 Å². The normalized spacial score (nSPS) is 19.8. The second-order valence-electron chi connectivity index (χ2n) is 5.51. The quantitative estimate of drug-likeness (QED) is 0.883. The molecular weight excluding hydrogens is 255 g/mol. The lowest BCUT2D eigenvalue weighted by atomic mass is 10.1. The van der Waals surface area contributed by atoms with Gasteiger partial charge in [0.2, 0.25) is 0 Å². The van der Waals surface area contributed by atoms with Crippen LogP contribution in [0.4, 0.5) is 24.8 Å². The highest BCUT2D eigenvalue weighted by Crippen LogP contribution is 2.46. The van der Waals surface area contributed by atoms with Gasteiger partial charge in [-0.15, -0.1) is 0 Å². The van der Waals surface area contributed by atoms with E-state index in [0.717, 1.165) is 37.8 Å². The minimum Gasteiger partial charge on any atom is -0.384 e. The van der Waals surface area contributed by atoms with Crippen LogP contribution in [0.25, 0.3) is 0 Å². The summed E-state index contributed by atoms with van der Waals surface area (Å²) in [6.07, 6.45) is 0.235. The number of anilines is 2. The number of nitrogens with one attached hydrogen (secondary N) is 1. The van der Waals surface area contributed by atoms with Gasteiger partial charge in [0.25, 0.3) is 0 Å². The molecule has 6 heteroatoms. The molecule has 2 aliphatic carbocycles. The maximum atomic E-state index is 12.7. The minimum atomic E-state index is -4.39. The van der Waals surface area contributed by atoms with Crippen molar-refractivity contribution in [2.75, 3.05) is 11.1 Å². The number of nitrogens with two attached hydrogens (primary N) is 1. The summed E-state index contributed by atoms with van der Waals surface area (Å²) >= 11 is 0. The number of nitrogens with zero attached hydrogens (tertiary/aromatic N) is 1. The van der Waals surface area contributed by atoms with Gasteiger partial charge in [-0.05, 0) is 49.7 Å². The molecule has 19 heavy (non-hydrogen) atoms. The fraction of sp³-hybridized carbons (Fsp3) is 0.615. The van der Waals surface area contributed by atoms with Crippen LogP contribution in [0, 0.1) is 11.8 Å². The molecule has 0 aromatic carbocycles. The highest BCUT2D eigenvalue weighted by molar-refractivity contribution is 5.48. The van der Waals surface area contributed by atoms with Crippen molar-refractivity contribution in [2.24, 2.45) is 11.8 Å². The average Bonchev–Trinajstić information content (AvgIpc) is 3.16. The molecule has 3 rings (SSSR count). The second kappa shape index (κ2) is 4.28. The highest BCUT2D eigenvalue weighted by Gasteiger charge is 2.42. The van der Waals surface area contributed by atoms with Crippen LogP contribution in [0.1, 0.15) is 31.2 Å². The van der Waals surface area contributed by atoms with Gasteiger partial charge < -0.3 is 11.1 Å². The van der Waals surface area contributed by atoms with Crippen LogP contribution in [-0.2, 0) is 6.18 Å².